The molecule has 37 heavy (non-hydrogen) atoms. The summed E-state index contributed by atoms with van der Waals surface area (Å²) in [5.41, 5.74) is 3.92. The van der Waals surface area contributed by atoms with Crippen molar-refractivity contribution in [2.24, 2.45) is 7.05 Å². The van der Waals surface area contributed by atoms with Crippen LogP contribution in [0.2, 0.25) is 0 Å². The molecule has 0 fully saturated rings. The van der Waals surface area contributed by atoms with E-state index < -0.39 is 28.0 Å². The first kappa shape index (κ1) is 26.0. The second kappa shape index (κ2) is 10.1. The number of nitrogens with zero attached hydrogens (tertiary/aromatic N) is 3. The molecule has 1 N–H and O–H groups in total. The molecule has 0 radical (unpaired) electrons. The standard InChI is InChI=1S/C28H30N4O4S/c1-19-11-13-25(14-12-19)37(35,36)31(24-16-20(2)15-21(3)17-24)18-26(33)29-27-22(4)30(5)32(28(27)34)23-9-7-6-8-10-23/h6-17H,18H2,1-5H3,(H,29,33). The maximum Gasteiger partial charge on any atom is 0.295 e. The minimum absolute atomic E-state index is 0.0763. The summed E-state index contributed by atoms with van der Waals surface area (Å²) in [6.07, 6.45) is 0. The minimum atomic E-state index is -4.07. The monoisotopic (exact) mass is 518 g/mol. The van der Waals surface area contributed by atoms with Gasteiger partial charge < -0.3 is 5.32 Å². The molecule has 192 valence electrons. The lowest BCUT2D eigenvalue weighted by Crippen LogP contribution is -2.39. The molecular formula is C28H30N4O4S. The third-order valence-electron chi connectivity index (χ3n) is 6.21. The van der Waals surface area contributed by atoms with Gasteiger partial charge in [-0.3, -0.25) is 18.6 Å². The van der Waals surface area contributed by atoms with E-state index >= 15 is 0 Å². The molecule has 9 heteroatoms. The zero-order chi connectivity index (χ0) is 26.9. The molecule has 0 aliphatic carbocycles. The Morgan fingerprint density at radius 2 is 1.46 bits per heavy atom. The van der Waals surface area contributed by atoms with Crippen molar-refractivity contribution in [3.8, 4) is 5.69 Å². The van der Waals surface area contributed by atoms with E-state index in [9.17, 15) is 18.0 Å². The topological polar surface area (TPSA) is 93.4 Å². The molecule has 0 saturated heterocycles. The van der Waals surface area contributed by atoms with Gasteiger partial charge in [-0.05, 0) is 75.2 Å². The Morgan fingerprint density at radius 3 is 2.05 bits per heavy atom. The summed E-state index contributed by atoms with van der Waals surface area (Å²) in [5.74, 6) is -0.624. The number of sulfonamides is 1. The summed E-state index contributed by atoms with van der Waals surface area (Å²) in [4.78, 5) is 26.6. The quantitative estimate of drug-likeness (QED) is 0.396. The third-order valence-corrected chi connectivity index (χ3v) is 8.00. The molecule has 0 saturated carbocycles. The van der Waals surface area contributed by atoms with Gasteiger partial charge in [-0.2, -0.15) is 0 Å². The van der Waals surface area contributed by atoms with E-state index in [-0.39, 0.29) is 10.6 Å². The molecule has 8 nitrogen and oxygen atoms in total. The Morgan fingerprint density at radius 1 is 0.865 bits per heavy atom. The van der Waals surface area contributed by atoms with Gasteiger partial charge >= 0.3 is 0 Å². The fraction of sp³-hybridized carbons (Fsp3) is 0.214. The van der Waals surface area contributed by atoms with Gasteiger partial charge in [0.1, 0.15) is 12.2 Å². The van der Waals surface area contributed by atoms with Crippen LogP contribution in [0.25, 0.3) is 5.69 Å². The van der Waals surface area contributed by atoms with E-state index in [4.69, 9.17) is 0 Å². The van der Waals surface area contributed by atoms with Gasteiger partial charge in [-0.25, -0.2) is 13.1 Å². The number of aromatic nitrogens is 2. The fourth-order valence-corrected chi connectivity index (χ4v) is 5.67. The Hall–Kier alpha value is -4.11. The van der Waals surface area contributed by atoms with Crippen LogP contribution >= 0.6 is 0 Å². The van der Waals surface area contributed by atoms with Crippen LogP contribution in [0.3, 0.4) is 0 Å². The lowest BCUT2D eigenvalue weighted by molar-refractivity contribution is -0.114. The van der Waals surface area contributed by atoms with Crippen molar-refractivity contribution in [1.82, 2.24) is 9.36 Å². The van der Waals surface area contributed by atoms with Crippen LogP contribution in [0.15, 0.2) is 82.5 Å². The smallest absolute Gasteiger partial charge is 0.295 e. The second-order valence-electron chi connectivity index (χ2n) is 9.16. The van der Waals surface area contributed by atoms with Crippen molar-refractivity contribution in [2.45, 2.75) is 32.6 Å². The minimum Gasteiger partial charge on any atom is -0.318 e. The van der Waals surface area contributed by atoms with Crippen LogP contribution < -0.4 is 15.2 Å². The summed E-state index contributed by atoms with van der Waals surface area (Å²) in [5, 5.41) is 2.67. The highest BCUT2D eigenvalue weighted by Crippen LogP contribution is 2.26. The first-order valence-corrected chi connectivity index (χ1v) is 13.2. The lowest BCUT2D eigenvalue weighted by Gasteiger charge is -2.25. The Balaban J connectivity index is 1.72. The largest absolute Gasteiger partial charge is 0.318 e. The molecule has 0 bridgehead atoms. The molecule has 1 amide bonds. The number of carbonyl (C=O) groups is 1. The third kappa shape index (κ3) is 5.22. The van der Waals surface area contributed by atoms with Gasteiger partial charge in [0.25, 0.3) is 15.6 Å². The summed E-state index contributed by atoms with van der Waals surface area (Å²) in [7, 11) is -2.35. The number of benzene rings is 3. The molecule has 1 heterocycles. The number of para-hydroxylation sites is 1. The Labute approximate surface area is 216 Å². The van der Waals surface area contributed by atoms with Crippen LogP contribution in [-0.4, -0.2) is 30.2 Å². The Bertz CT molecular complexity index is 1600. The van der Waals surface area contributed by atoms with Crippen molar-refractivity contribution in [1.29, 1.82) is 0 Å². The number of hydrogen-bond acceptors (Lipinski definition) is 4. The van der Waals surface area contributed by atoms with Crippen LogP contribution in [-0.2, 0) is 21.9 Å². The van der Waals surface area contributed by atoms with E-state index in [2.05, 4.69) is 5.32 Å². The summed E-state index contributed by atoms with van der Waals surface area (Å²) in [6, 6.07) is 20.9. The Kier molecular flexibility index (Phi) is 7.09. The van der Waals surface area contributed by atoms with Gasteiger partial charge in [0.05, 0.1) is 22.0 Å². The number of carbonyl (C=O) groups excluding carboxylic acids is 1. The molecule has 1 aromatic heterocycles. The highest BCUT2D eigenvalue weighted by Gasteiger charge is 2.28. The normalized spacial score (nSPS) is 11.4. The van der Waals surface area contributed by atoms with Gasteiger partial charge in [0.15, 0.2) is 0 Å². The molecule has 0 spiro atoms. The average Bonchev–Trinajstić information content (AvgIpc) is 3.05. The number of nitrogens with one attached hydrogen (secondary N) is 1. The highest BCUT2D eigenvalue weighted by molar-refractivity contribution is 7.92. The van der Waals surface area contributed by atoms with Gasteiger partial charge in [0, 0.05) is 7.05 Å². The molecule has 4 rings (SSSR count). The molecule has 0 aliphatic heterocycles. The van der Waals surface area contributed by atoms with E-state index in [1.54, 1.807) is 55.1 Å². The number of aryl methyl sites for hydroxylation is 3. The van der Waals surface area contributed by atoms with Crippen molar-refractivity contribution in [3.05, 3.63) is 106 Å². The van der Waals surface area contributed by atoms with Crippen LogP contribution in [0.1, 0.15) is 22.4 Å². The number of anilines is 2. The lowest BCUT2D eigenvalue weighted by atomic mass is 10.1. The van der Waals surface area contributed by atoms with Gasteiger partial charge in [-0.1, -0.05) is 42.0 Å². The van der Waals surface area contributed by atoms with E-state index in [0.717, 1.165) is 21.0 Å². The van der Waals surface area contributed by atoms with E-state index in [0.29, 0.717) is 17.1 Å². The summed E-state index contributed by atoms with van der Waals surface area (Å²) in [6.45, 7) is 6.83. The zero-order valence-corrected chi connectivity index (χ0v) is 22.3. The summed E-state index contributed by atoms with van der Waals surface area (Å²) < 4.78 is 31.6. The molecule has 0 aliphatic rings. The molecule has 4 aromatic rings. The molecular weight excluding hydrogens is 488 g/mol. The van der Waals surface area contributed by atoms with Crippen molar-refractivity contribution >= 4 is 27.3 Å². The first-order chi connectivity index (χ1) is 17.5. The predicted molar refractivity (Wildman–Crippen MR) is 146 cm³/mol. The van der Waals surface area contributed by atoms with Crippen molar-refractivity contribution in [3.63, 3.8) is 0 Å². The maximum absolute atomic E-state index is 13.7. The first-order valence-electron chi connectivity index (χ1n) is 11.8. The van der Waals surface area contributed by atoms with E-state index in [1.165, 1.54) is 16.8 Å². The summed E-state index contributed by atoms with van der Waals surface area (Å²) >= 11 is 0. The predicted octanol–water partition coefficient (Wildman–Crippen LogP) is 4.24. The second-order valence-corrected chi connectivity index (χ2v) is 11.0. The fourth-order valence-electron chi connectivity index (χ4n) is 4.27. The van der Waals surface area contributed by atoms with Crippen molar-refractivity contribution < 1.29 is 13.2 Å². The number of rotatable bonds is 7. The van der Waals surface area contributed by atoms with E-state index in [1.807, 2.05) is 45.0 Å². The van der Waals surface area contributed by atoms with Crippen LogP contribution in [0.5, 0.6) is 0 Å². The maximum atomic E-state index is 13.7. The van der Waals surface area contributed by atoms with Gasteiger partial charge in [-0.15, -0.1) is 0 Å². The highest BCUT2D eigenvalue weighted by atomic mass is 32.2. The average molecular weight is 519 g/mol. The van der Waals surface area contributed by atoms with Gasteiger partial charge in [0.2, 0.25) is 5.91 Å². The molecule has 0 atom stereocenters. The molecule has 0 unspecified atom stereocenters. The molecule has 3 aromatic carbocycles. The number of amides is 1. The van der Waals surface area contributed by atoms with Crippen LogP contribution in [0.4, 0.5) is 11.4 Å². The SMILES string of the molecule is Cc1ccc(S(=O)(=O)N(CC(=O)Nc2c(C)n(C)n(-c3ccccc3)c2=O)c2cc(C)cc(C)c2)cc1. The number of hydrogen-bond donors (Lipinski definition) is 1. The van der Waals surface area contributed by atoms with Crippen molar-refractivity contribution in [2.75, 3.05) is 16.2 Å². The zero-order valence-electron chi connectivity index (χ0n) is 21.5. The van der Waals surface area contributed by atoms with Crippen LogP contribution in [0, 0.1) is 27.7 Å².